The number of benzene rings is 1. The second-order valence-corrected chi connectivity index (χ2v) is 6.68. The summed E-state index contributed by atoms with van der Waals surface area (Å²) in [6.45, 7) is 4.73. The first-order valence-corrected chi connectivity index (χ1v) is 9.38. The monoisotopic (exact) mass is 342 g/mol. The van der Waals surface area contributed by atoms with Crippen molar-refractivity contribution in [2.75, 3.05) is 44.8 Å². The van der Waals surface area contributed by atoms with Gasteiger partial charge in [0.05, 0.1) is 13.2 Å². The number of anilines is 1. The predicted octanol–water partition coefficient (Wildman–Crippen LogP) is 2.56. The number of hydrogen-bond donors (Lipinski definition) is 2. The van der Waals surface area contributed by atoms with Gasteiger partial charge in [-0.05, 0) is 37.8 Å². The summed E-state index contributed by atoms with van der Waals surface area (Å²) >= 11 is 0. The van der Waals surface area contributed by atoms with Crippen molar-refractivity contribution in [2.24, 2.45) is 4.99 Å². The molecule has 0 aromatic heterocycles. The Hall–Kier alpha value is -2.01. The van der Waals surface area contributed by atoms with Crippen LogP contribution < -0.4 is 15.5 Å². The molecule has 2 heterocycles. The van der Waals surface area contributed by atoms with Crippen LogP contribution in [0.3, 0.4) is 0 Å². The Balaban J connectivity index is 1.38. The van der Waals surface area contributed by atoms with Crippen molar-refractivity contribution in [1.29, 1.82) is 0 Å². The molecule has 1 saturated heterocycles. The molecule has 5 nitrogen and oxygen atoms in total. The zero-order valence-corrected chi connectivity index (χ0v) is 15.2. The highest BCUT2D eigenvalue weighted by molar-refractivity contribution is 5.80. The summed E-state index contributed by atoms with van der Waals surface area (Å²) in [5.41, 5.74) is 2.82. The van der Waals surface area contributed by atoms with Gasteiger partial charge in [-0.25, -0.2) is 0 Å². The summed E-state index contributed by atoms with van der Waals surface area (Å²) in [6.07, 6.45) is 6.61. The maximum atomic E-state index is 5.35. The molecule has 0 radical (unpaired) electrons. The standard InChI is InChI=1S/C20H30N4O/c1-21-20(22-12-7-17-10-15-25-16-11-17)23-18-8-13-24(14-9-18)19-5-3-2-4-6-19/h2-6,10,18H,7-9,11-16H2,1H3,(H2,21,22,23). The van der Waals surface area contributed by atoms with Crippen molar-refractivity contribution >= 4 is 11.6 Å². The number of guanidine groups is 1. The largest absolute Gasteiger partial charge is 0.377 e. The SMILES string of the molecule is CN=C(NCCC1=CCOCC1)NC1CCN(c2ccccc2)CC1. The van der Waals surface area contributed by atoms with Crippen LogP contribution in [-0.2, 0) is 4.74 Å². The van der Waals surface area contributed by atoms with Gasteiger partial charge in [0.1, 0.15) is 0 Å². The third-order valence-corrected chi connectivity index (χ3v) is 4.98. The Morgan fingerprint density at radius 1 is 1.24 bits per heavy atom. The number of nitrogens with one attached hydrogen (secondary N) is 2. The first kappa shape index (κ1) is 17.8. The summed E-state index contributed by atoms with van der Waals surface area (Å²) in [6, 6.07) is 11.2. The van der Waals surface area contributed by atoms with Crippen LogP contribution in [0, 0.1) is 0 Å². The lowest BCUT2D eigenvalue weighted by atomic mass is 10.0. The molecule has 2 aliphatic rings. The van der Waals surface area contributed by atoms with Crippen LogP contribution >= 0.6 is 0 Å². The third kappa shape index (κ3) is 5.49. The van der Waals surface area contributed by atoms with Crippen molar-refractivity contribution in [2.45, 2.75) is 31.7 Å². The summed E-state index contributed by atoms with van der Waals surface area (Å²) < 4.78 is 5.35. The molecule has 0 spiro atoms. The first-order chi connectivity index (χ1) is 12.3. The number of piperidine rings is 1. The summed E-state index contributed by atoms with van der Waals surface area (Å²) in [7, 11) is 1.85. The van der Waals surface area contributed by atoms with Crippen LogP contribution in [0.1, 0.15) is 25.7 Å². The highest BCUT2D eigenvalue weighted by atomic mass is 16.5. The Labute approximate surface area is 151 Å². The molecule has 0 saturated carbocycles. The van der Waals surface area contributed by atoms with E-state index in [1.165, 1.54) is 11.3 Å². The molecule has 0 atom stereocenters. The van der Waals surface area contributed by atoms with Gasteiger partial charge in [0.2, 0.25) is 0 Å². The second-order valence-electron chi connectivity index (χ2n) is 6.68. The molecule has 1 aromatic carbocycles. The van der Waals surface area contributed by atoms with Gasteiger partial charge in [0, 0.05) is 38.4 Å². The van der Waals surface area contributed by atoms with Crippen LogP contribution in [-0.4, -0.2) is 51.9 Å². The van der Waals surface area contributed by atoms with Crippen LogP contribution in [0.5, 0.6) is 0 Å². The number of rotatable bonds is 5. The van der Waals surface area contributed by atoms with Gasteiger partial charge in [-0.2, -0.15) is 0 Å². The van der Waals surface area contributed by atoms with Crippen molar-refractivity contribution in [3.63, 3.8) is 0 Å². The molecule has 3 rings (SSSR count). The normalized spacial score (nSPS) is 19.5. The molecule has 1 aromatic rings. The van der Waals surface area contributed by atoms with Crippen molar-refractivity contribution < 1.29 is 4.74 Å². The summed E-state index contributed by atoms with van der Waals surface area (Å²) in [5, 5.41) is 7.03. The fourth-order valence-electron chi connectivity index (χ4n) is 3.44. The fourth-order valence-corrected chi connectivity index (χ4v) is 3.44. The average molecular weight is 342 g/mol. The second kappa shape index (κ2) is 9.47. The van der Waals surface area contributed by atoms with Crippen molar-refractivity contribution in [3.05, 3.63) is 42.0 Å². The molecule has 25 heavy (non-hydrogen) atoms. The molecule has 0 bridgehead atoms. The lowest BCUT2D eigenvalue weighted by Gasteiger charge is -2.34. The molecule has 1 fully saturated rings. The Morgan fingerprint density at radius 3 is 2.72 bits per heavy atom. The summed E-state index contributed by atoms with van der Waals surface area (Å²) in [5.74, 6) is 0.922. The van der Waals surface area contributed by atoms with Gasteiger partial charge >= 0.3 is 0 Å². The maximum Gasteiger partial charge on any atom is 0.191 e. The van der Waals surface area contributed by atoms with Crippen molar-refractivity contribution in [1.82, 2.24) is 10.6 Å². The van der Waals surface area contributed by atoms with Crippen LogP contribution in [0.4, 0.5) is 5.69 Å². The summed E-state index contributed by atoms with van der Waals surface area (Å²) in [4.78, 5) is 6.84. The average Bonchev–Trinajstić information content (AvgIpc) is 2.69. The van der Waals surface area contributed by atoms with E-state index >= 15 is 0 Å². The van der Waals surface area contributed by atoms with E-state index in [0.717, 1.165) is 64.5 Å². The smallest absolute Gasteiger partial charge is 0.191 e. The minimum atomic E-state index is 0.494. The highest BCUT2D eigenvalue weighted by Crippen LogP contribution is 2.19. The van der Waals surface area contributed by atoms with Gasteiger partial charge in [-0.1, -0.05) is 29.8 Å². The maximum absolute atomic E-state index is 5.35. The van der Waals surface area contributed by atoms with Gasteiger partial charge in [-0.3, -0.25) is 4.99 Å². The predicted molar refractivity (Wildman–Crippen MR) is 104 cm³/mol. The third-order valence-electron chi connectivity index (χ3n) is 4.98. The van der Waals surface area contributed by atoms with E-state index in [2.05, 4.69) is 56.9 Å². The lowest BCUT2D eigenvalue weighted by molar-refractivity contribution is 0.153. The van der Waals surface area contributed by atoms with Crippen molar-refractivity contribution in [3.8, 4) is 0 Å². The molecule has 5 heteroatoms. The number of aliphatic imine (C=N–C) groups is 1. The topological polar surface area (TPSA) is 48.9 Å². The Kier molecular flexibility index (Phi) is 6.74. The molecule has 0 amide bonds. The van der Waals surface area contributed by atoms with Gasteiger partial charge in [0.25, 0.3) is 0 Å². The molecule has 0 unspecified atom stereocenters. The number of para-hydroxylation sites is 1. The molecular formula is C20H30N4O. The number of nitrogens with zero attached hydrogens (tertiary/aromatic N) is 2. The van der Waals surface area contributed by atoms with Crippen LogP contribution in [0.25, 0.3) is 0 Å². The quantitative estimate of drug-likeness (QED) is 0.490. The number of hydrogen-bond acceptors (Lipinski definition) is 3. The minimum Gasteiger partial charge on any atom is -0.377 e. The zero-order chi connectivity index (χ0) is 17.3. The molecular weight excluding hydrogens is 312 g/mol. The molecule has 2 aliphatic heterocycles. The van der Waals surface area contributed by atoms with Gasteiger partial charge < -0.3 is 20.3 Å². The fraction of sp³-hybridized carbons (Fsp3) is 0.550. The molecule has 0 aliphatic carbocycles. The first-order valence-electron chi connectivity index (χ1n) is 9.38. The number of ether oxygens (including phenoxy) is 1. The van der Waals surface area contributed by atoms with E-state index in [4.69, 9.17) is 4.74 Å². The van der Waals surface area contributed by atoms with E-state index in [1.54, 1.807) is 0 Å². The van der Waals surface area contributed by atoms with Gasteiger partial charge in [0.15, 0.2) is 5.96 Å². The van der Waals surface area contributed by atoms with Crippen LogP contribution in [0.2, 0.25) is 0 Å². The Morgan fingerprint density at radius 2 is 2.04 bits per heavy atom. The van der Waals surface area contributed by atoms with E-state index in [1.807, 2.05) is 7.05 Å². The minimum absolute atomic E-state index is 0.494. The van der Waals surface area contributed by atoms with Crippen LogP contribution in [0.15, 0.2) is 47.0 Å². The van der Waals surface area contributed by atoms with E-state index in [0.29, 0.717) is 6.04 Å². The molecule has 2 N–H and O–H groups in total. The van der Waals surface area contributed by atoms with E-state index in [9.17, 15) is 0 Å². The molecule has 136 valence electrons. The van der Waals surface area contributed by atoms with E-state index < -0.39 is 0 Å². The van der Waals surface area contributed by atoms with E-state index in [-0.39, 0.29) is 0 Å². The Bertz CT molecular complexity index is 577. The zero-order valence-electron chi connectivity index (χ0n) is 15.2. The lowest BCUT2D eigenvalue weighted by Crippen LogP contribution is -2.49. The van der Waals surface area contributed by atoms with Gasteiger partial charge in [-0.15, -0.1) is 0 Å². The highest BCUT2D eigenvalue weighted by Gasteiger charge is 2.20.